The molecule has 1 aliphatic rings. The topological polar surface area (TPSA) is 53.7 Å². The van der Waals surface area contributed by atoms with Crippen molar-refractivity contribution in [2.75, 3.05) is 13.1 Å². The second kappa shape index (κ2) is 6.29. The minimum atomic E-state index is -0.664. The lowest BCUT2D eigenvalue weighted by molar-refractivity contribution is -0.143. The van der Waals surface area contributed by atoms with Gasteiger partial charge in [-0.2, -0.15) is 0 Å². The molecule has 0 bridgehead atoms. The largest absolute Gasteiger partial charge is 0.481 e. The van der Waals surface area contributed by atoms with Crippen molar-refractivity contribution in [2.24, 2.45) is 5.92 Å². The van der Waals surface area contributed by atoms with E-state index in [0.717, 1.165) is 49.2 Å². The highest BCUT2D eigenvalue weighted by Gasteiger charge is 2.24. The van der Waals surface area contributed by atoms with Crippen LogP contribution in [0.25, 0.3) is 11.0 Å². The number of benzene rings is 1. The van der Waals surface area contributed by atoms with Crippen molar-refractivity contribution in [3.8, 4) is 0 Å². The summed E-state index contributed by atoms with van der Waals surface area (Å²) < 4.78 is 5.79. The van der Waals surface area contributed by atoms with Gasteiger partial charge in [-0.1, -0.05) is 18.2 Å². The smallest absolute Gasteiger partial charge is 0.306 e. The first kappa shape index (κ1) is 14.9. The van der Waals surface area contributed by atoms with E-state index in [4.69, 9.17) is 9.52 Å². The van der Waals surface area contributed by atoms with E-state index in [-0.39, 0.29) is 18.3 Å². The van der Waals surface area contributed by atoms with E-state index >= 15 is 0 Å². The Morgan fingerprint density at radius 2 is 2.00 bits per heavy atom. The van der Waals surface area contributed by atoms with Crippen molar-refractivity contribution < 1.29 is 14.3 Å². The van der Waals surface area contributed by atoms with Gasteiger partial charge in [-0.25, -0.2) is 0 Å². The molecule has 20 heavy (non-hydrogen) atoms. The minimum absolute atomic E-state index is 0. The minimum Gasteiger partial charge on any atom is -0.481 e. The second-order valence-corrected chi connectivity index (χ2v) is 5.14. The van der Waals surface area contributed by atoms with Crippen LogP contribution < -0.4 is 0 Å². The molecule has 5 heteroatoms. The normalized spacial score (nSPS) is 17.0. The zero-order valence-corrected chi connectivity index (χ0v) is 11.9. The molecule has 0 radical (unpaired) electrons. The highest BCUT2D eigenvalue weighted by atomic mass is 35.5. The number of carboxylic acid groups (broad SMARTS) is 1. The number of halogens is 1. The number of fused-ring (bicyclic) bond motifs is 1. The molecule has 0 unspecified atom stereocenters. The van der Waals surface area contributed by atoms with Crippen LogP contribution in [0.2, 0.25) is 0 Å². The fourth-order valence-corrected chi connectivity index (χ4v) is 2.67. The van der Waals surface area contributed by atoms with Gasteiger partial charge >= 0.3 is 5.97 Å². The van der Waals surface area contributed by atoms with Gasteiger partial charge in [0, 0.05) is 5.39 Å². The van der Waals surface area contributed by atoms with Gasteiger partial charge in [-0.3, -0.25) is 9.69 Å². The number of likely N-dealkylation sites (tertiary alicyclic amines) is 1. The Morgan fingerprint density at radius 1 is 1.30 bits per heavy atom. The SMILES string of the molecule is Cl.O=C(O)C1CCN(Cc2cc3ccccc3o2)CC1. The Balaban J connectivity index is 0.00000147. The molecular formula is C15H18ClNO3. The van der Waals surface area contributed by atoms with Crippen LogP contribution in [0, 0.1) is 5.92 Å². The monoisotopic (exact) mass is 295 g/mol. The second-order valence-electron chi connectivity index (χ2n) is 5.14. The van der Waals surface area contributed by atoms with Crippen LogP contribution >= 0.6 is 12.4 Å². The summed E-state index contributed by atoms with van der Waals surface area (Å²) in [7, 11) is 0. The molecule has 1 aromatic heterocycles. The van der Waals surface area contributed by atoms with E-state index in [1.165, 1.54) is 0 Å². The van der Waals surface area contributed by atoms with Crippen LogP contribution in [0.3, 0.4) is 0 Å². The molecule has 4 nitrogen and oxygen atoms in total. The standard InChI is InChI=1S/C15H17NO3.ClH/c17-15(18)11-5-7-16(8-6-11)10-13-9-12-3-1-2-4-14(12)19-13;/h1-4,9,11H,5-8,10H2,(H,17,18);1H. The Bertz CT molecular complexity index is 555. The zero-order chi connectivity index (χ0) is 13.2. The summed E-state index contributed by atoms with van der Waals surface area (Å²) in [5.41, 5.74) is 0.915. The van der Waals surface area contributed by atoms with E-state index in [0.29, 0.717) is 0 Å². The highest BCUT2D eigenvalue weighted by Crippen LogP contribution is 2.23. The maximum Gasteiger partial charge on any atom is 0.306 e. The molecule has 0 aliphatic carbocycles. The van der Waals surface area contributed by atoms with Gasteiger partial charge in [0.15, 0.2) is 0 Å². The van der Waals surface area contributed by atoms with Crippen molar-refractivity contribution in [3.63, 3.8) is 0 Å². The van der Waals surface area contributed by atoms with Gasteiger partial charge in [0.2, 0.25) is 0 Å². The summed E-state index contributed by atoms with van der Waals surface area (Å²) in [4.78, 5) is 13.2. The van der Waals surface area contributed by atoms with Crippen molar-refractivity contribution in [1.29, 1.82) is 0 Å². The molecular weight excluding hydrogens is 278 g/mol. The van der Waals surface area contributed by atoms with Crippen LogP contribution in [-0.4, -0.2) is 29.1 Å². The molecule has 1 fully saturated rings. The maximum atomic E-state index is 10.9. The molecule has 1 aliphatic heterocycles. The molecule has 1 aromatic carbocycles. The van der Waals surface area contributed by atoms with E-state index in [2.05, 4.69) is 11.0 Å². The van der Waals surface area contributed by atoms with Crippen molar-refractivity contribution >= 4 is 29.3 Å². The predicted octanol–water partition coefficient (Wildman–Crippen LogP) is 3.15. The number of rotatable bonds is 3. The molecule has 0 amide bonds. The molecule has 1 N–H and O–H groups in total. The molecule has 3 rings (SSSR count). The van der Waals surface area contributed by atoms with Gasteiger partial charge in [0.25, 0.3) is 0 Å². The third-order valence-corrected chi connectivity index (χ3v) is 3.79. The molecule has 0 atom stereocenters. The Kier molecular flexibility index (Phi) is 4.68. The van der Waals surface area contributed by atoms with Crippen LogP contribution in [0.4, 0.5) is 0 Å². The number of carboxylic acids is 1. The first-order chi connectivity index (χ1) is 9.22. The zero-order valence-electron chi connectivity index (χ0n) is 11.1. The molecule has 1 saturated heterocycles. The average Bonchev–Trinajstić information content (AvgIpc) is 2.81. The lowest BCUT2D eigenvalue weighted by Gasteiger charge is -2.29. The van der Waals surface area contributed by atoms with E-state index in [1.54, 1.807) is 0 Å². The Labute approximate surface area is 123 Å². The molecule has 108 valence electrons. The van der Waals surface area contributed by atoms with Crippen LogP contribution in [-0.2, 0) is 11.3 Å². The fraction of sp³-hybridized carbons (Fsp3) is 0.400. The van der Waals surface area contributed by atoms with Crippen LogP contribution in [0.5, 0.6) is 0 Å². The number of aliphatic carboxylic acids is 1. The average molecular weight is 296 g/mol. The molecule has 0 saturated carbocycles. The van der Waals surface area contributed by atoms with Crippen molar-refractivity contribution in [1.82, 2.24) is 4.90 Å². The van der Waals surface area contributed by atoms with Gasteiger partial charge in [-0.05, 0) is 38.1 Å². The Morgan fingerprint density at radius 3 is 2.65 bits per heavy atom. The lowest BCUT2D eigenvalue weighted by Crippen LogP contribution is -2.35. The van der Waals surface area contributed by atoms with Gasteiger partial charge in [-0.15, -0.1) is 12.4 Å². The van der Waals surface area contributed by atoms with Crippen LogP contribution in [0.1, 0.15) is 18.6 Å². The number of piperidine rings is 1. The highest BCUT2D eigenvalue weighted by molar-refractivity contribution is 5.85. The summed E-state index contributed by atoms with van der Waals surface area (Å²) in [6.45, 7) is 2.42. The summed E-state index contributed by atoms with van der Waals surface area (Å²) in [6, 6.07) is 10.0. The number of nitrogens with zero attached hydrogens (tertiary/aromatic N) is 1. The number of hydrogen-bond donors (Lipinski definition) is 1. The van der Waals surface area contributed by atoms with Crippen molar-refractivity contribution in [2.45, 2.75) is 19.4 Å². The quantitative estimate of drug-likeness (QED) is 0.945. The van der Waals surface area contributed by atoms with E-state index in [9.17, 15) is 4.79 Å². The molecule has 2 aromatic rings. The predicted molar refractivity (Wildman–Crippen MR) is 79.1 cm³/mol. The Hall–Kier alpha value is -1.52. The van der Waals surface area contributed by atoms with Gasteiger partial charge in [0.1, 0.15) is 11.3 Å². The summed E-state index contributed by atoms with van der Waals surface area (Å²) in [5.74, 6) is 0.116. The summed E-state index contributed by atoms with van der Waals surface area (Å²) >= 11 is 0. The number of furan rings is 1. The molecule has 2 heterocycles. The van der Waals surface area contributed by atoms with Crippen LogP contribution in [0.15, 0.2) is 34.7 Å². The van der Waals surface area contributed by atoms with E-state index < -0.39 is 5.97 Å². The maximum absolute atomic E-state index is 10.9. The van der Waals surface area contributed by atoms with Gasteiger partial charge in [0.05, 0.1) is 12.5 Å². The van der Waals surface area contributed by atoms with Crippen molar-refractivity contribution in [3.05, 3.63) is 36.1 Å². The fourth-order valence-electron chi connectivity index (χ4n) is 2.67. The van der Waals surface area contributed by atoms with Gasteiger partial charge < -0.3 is 9.52 Å². The first-order valence-electron chi connectivity index (χ1n) is 6.65. The third-order valence-electron chi connectivity index (χ3n) is 3.79. The lowest BCUT2D eigenvalue weighted by atomic mass is 9.97. The number of hydrogen-bond acceptors (Lipinski definition) is 3. The van der Waals surface area contributed by atoms with E-state index in [1.807, 2.05) is 24.3 Å². The summed E-state index contributed by atoms with van der Waals surface area (Å²) in [5, 5.41) is 10.1. The number of para-hydroxylation sites is 1. The summed E-state index contributed by atoms with van der Waals surface area (Å²) in [6.07, 6.45) is 1.46. The first-order valence-corrected chi connectivity index (χ1v) is 6.65. The molecule has 0 spiro atoms. The third kappa shape index (κ3) is 3.14. The number of carbonyl (C=O) groups is 1.